The molecule has 1 unspecified atom stereocenters. The molecular weight excluding hydrogens is 462 g/mol. The number of para-hydroxylation sites is 1. The van der Waals surface area contributed by atoms with Crippen LogP contribution in [0.15, 0.2) is 63.4 Å². The molecule has 2 aliphatic heterocycles. The summed E-state index contributed by atoms with van der Waals surface area (Å²) in [5, 5.41) is 1.87. The quantitative estimate of drug-likeness (QED) is 0.429. The molecule has 4 aromatic rings. The Morgan fingerprint density at radius 3 is 2.83 bits per heavy atom. The number of thiazole rings is 1. The van der Waals surface area contributed by atoms with Crippen molar-refractivity contribution in [3.05, 3.63) is 87.2 Å². The summed E-state index contributed by atoms with van der Waals surface area (Å²) in [5.41, 5.74) is 4.23. The normalized spacial score (nSPS) is 18.4. The molecule has 9 heteroatoms. The van der Waals surface area contributed by atoms with E-state index in [4.69, 9.17) is 4.42 Å². The van der Waals surface area contributed by atoms with Crippen LogP contribution in [0.3, 0.4) is 0 Å². The molecule has 0 N–H and O–H groups in total. The number of fused-ring (bicyclic) bond motifs is 2. The van der Waals surface area contributed by atoms with E-state index in [1.165, 1.54) is 22.6 Å². The number of aromatic nitrogens is 2. The van der Waals surface area contributed by atoms with E-state index < -0.39 is 0 Å². The van der Waals surface area contributed by atoms with Crippen LogP contribution >= 0.6 is 11.3 Å². The summed E-state index contributed by atoms with van der Waals surface area (Å²) >= 11 is 1.46. The highest BCUT2D eigenvalue weighted by molar-refractivity contribution is 7.15. The smallest absolute Gasteiger partial charge is 0.289 e. The third kappa shape index (κ3) is 4.15. The van der Waals surface area contributed by atoms with Gasteiger partial charge < -0.3 is 14.2 Å². The largest absolute Gasteiger partial charge is 0.459 e. The lowest BCUT2D eigenvalue weighted by Crippen LogP contribution is -2.48. The molecule has 8 nitrogen and oxygen atoms in total. The van der Waals surface area contributed by atoms with Crippen LogP contribution in [0, 0.1) is 0 Å². The maximum absolute atomic E-state index is 13.3. The Morgan fingerprint density at radius 2 is 1.97 bits per heavy atom. The standard InChI is InChI=1S/C26H27N5O3S/c1-18-14-19-4-2-3-5-22(19)31(18)16-20-6-12-34-24(20)25(33)29-9-7-28(8-10-29)17-21-15-23(32)30-11-13-35-26(30)27-21/h2-6,11-13,15,18H,7-10,14,16-17H2,1H3. The molecule has 0 spiro atoms. The number of furan rings is 1. The second kappa shape index (κ2) is 8.98. The predicted octanol–water partition coefficient (Wildman–Crippen LogP) is 3.26. The fourth-order valence-corrected chi connectivity index (χ4v) is 5.89. The number of piperazine rings is 1. The average Bonchev–Trinajstić information content (AvgIpc) is 3.59. The van der Waals surface area contributed by atoms with Gasteiger partial charge in [-0.2, -0.15) is 0 Å². The zero-order valence-corrected chi connectivity index (χ0v) is 20.4. The first-order chi connectivity index (χ1) is 17.1. The Bertz CT molecular complexity index is 1430. The van der Waals surface area contributed by atoms with Gasteiger partial charge in [0.25, 0.3) is 11.5 Å². The highest BCUT2D eigenvalue weighted by Crippen LogP contribution is 2.33. The van der Waals surface area contributed by atoms with Crippen LogP contribution in [-0.4, -0.2) is 57.3 Å². The van der Waals surface area contributed by atoms with E-state index >= 15 is 0 Å². The van der Waals surface area contributed by atoms with Crippen molar-refractivity contribution in [2.45, 2.75) is 32.5 Å². The zero-order chi connectivity index (χ0) is 23.9. The highest BCUT2D eigenvalue weighted by Gasteiger charge is 2.30. The first-order valence-corrected chi connectivity index (χ1v) is 12.8. The molecule has 1 atom stereocenters. The number of nitrogens with zero attached hydrogens (tertiary/aromatic N) is 5. The molecule has 5 heterocycles. The van der Waals surface area contributed by atoms with Crippen molar-refractivity contribution in [3.8, 4) is 0 Å². The van der Waals surface area contributed by atoms with Crippen molar-refractivity contribution in [2.75, 3.05) is 31.1 Å². The minimum atomic E-state index is -0.0552. The summed E-state index contributed by atoms with van der Waals surface area (Å²) < 4.78 is 7.27. The molecule has 6 rings (SSSR count). The molecule has 1 amide bonds. The monoisotopic (exact) mass is 489 g/mol. The van der Waals surface area contributed by atoms with Crippen LogP contribution in [0.4, 0.5) is 5.69 Å². The van der Waals surface area contributed by atoms with Gasteiger partial charge in [-0.3, -0.25) is 18.9 Å². The first-order valence-electron chi connectivity index (χ1n) is 11.9. The molecule has 0 radical (unpaired) electrons. The van der Waals surface area contributed by atoms with Gasteiger partial charge in [-0.05, 0) is 31.0 Å². The number of hydrogen-bond acceptors (Lipinski definition) is 7. The van der Waals surface area contributed by atoms with Gasteiger partial charge in [-0.15, -0.1) is 11.3 Å². The second-order valence-corrected chi connectivity index (χ2v) is 10.2. The Morgan fingerprint density at radius 1 is 1.14 bits per heavy atom. The number of amides is 1. The number of carbonyl (C=O) groups excluding carboxylic acids is 1. The highest BCUT2D eigenvalue weighted by atomic mass is 32.1. The van der Waals surface area contributed by atoms with E-state index in [9.17, 15) is 9.59 Å². The third-order valence-electron chi connectivity index (χ3n) is 7.03. The van der Waals surface area contributed by atoms with Crippen molar-refractivity contribution in [2.24, 2.45) is 0 Å². The van der Waals surface area contributed by atoms with Crippen LogP contribution in [0.2, 0.25) is 0 Å². The Kier molecular flexibility index (Phi) is 5.66. The zero-order valence-electron chi connectivity index (χ0n) is 19.6. The maximum Gasteiger partial charge on any atom is 0.289 e. The molecule has 1 fully saturated rings. The van der Waals surface area contributed by atoms with Gasteiger partial charge >= 0.3 is 0 Å². The van der Waals surface area contributed by atoms with Crippen molar-refractivity contribution >= 4 is 27.9 Å². The summed E-state index contributed by atoms with van der Waals surface area (Å²) in [6.45, 7) is 6.16. The molecular formula is C26H27N5O3S. The summed E-state index contributed by atoms with van der Waals surface area (Å²) in [7, 11) is 0. The van der Waals surface area contributed by atoms with Gasteiger partial charge in [0.1, 0.15) is 0 Å². The van der Waals surface area contributed by atoms with Gasteiger partial charge in [-0.25, -0.2) is 4.98 Å². The summed E-state index contributed by atoms with van der Waals surface area (Å²) in [5.74, 6) is 0.383. The van der Waals surface area contributed by atoms with Crippen molar-refractivity contribution in [3.63, 3.8) is 0 Å². The van der Waals surface area contributed by atoms with E-state index in [1.807, 2.05) is 16.3 Å². The van der Waals surface area contributed by atoms with E-state index in [2.05, 4.69) is 46.0 Å². The summed E-state index contributed by atoms with van der Waals surface area (Å²) in [6, 6.07) is 12.4. The third-order valence-corrected chi connectivity index (χ3v) is 7.79. The van der Waals surface area contributed by atoms with Gasteiger partial charge in [0.2, 0.25) is 0 Å². The van der Waals surface area contributed by atoms with Crippen LogP contribution in [0.25, 0.3) is 4.96 Å². The van der Waals surface area contributed by atoms with E-state index in [1.54, 1.807) is 22.9 Å². The van der Waals surface area contributed by atoms with Gasteiger partial charge in [0, 0.05) is 74.2 Å². The topological polar surface area (TPSA) is 74.3 Å². The number of benzene rings is 1. The molecule has 35 heavy (non-hydrogen) atoms. The van der Waals surface area contributed by atoms with E-state index in [-0.39, 0.29) is 11.5 Å². The Balaban J connectivity index is 1.11. The molecule has 2 aliphatic rings. The lowest BCUT2D eigenvalue weighted by molar-refractivity contribution is 0.0595. The summed E-state index contributed by atoms with van der Waals surface area (Å²) in [4.78, 5) is 37.4. The lowest BCUT2D eigenvalue weighted by Gasteiger charge is -2.34. The van der Waals surface area contributed by atoms with Gasteiger partial charge in [0.15, 0.2) is 10.7 Å². The fourth-order valence-electron chi connectivity index (χ4n) is 5.15. The van der Waals surface area contributed by atoms with Crippen molar-refractivity contribution < 1.29 is 9.21 Å². The minimum Gasteiger partial charge on any atom is -0.459 e. The molecule has 0 saturated carbocycles. The molecule has 180 valence electrons. The van der Waals surface area contributed by atoms with E-state index in [0.717, 1.165) is 30.8 Å². The van der Waals surface area contributed by atoms with Crippen LogP contribution in [0.5, 0.6) is 0 Å². The minimum absolute atomic E-state index is 0.0545. The SMILES string of the molecule is CC1Cc2ccccc2N1Cc1ccoc1C(=O)N1CCN(Cc2cc(=O)n3ccsc3n2)CC1. The fraction of sp³-hybridized carbons (Fsp3) is 0.346. The molecule has 1 aromatic carbocycles. The van der Waals surface area contributed by atoms with Gasteiger partial charge in [-0.1, -0.05) is 18.2 Å². The molecule has 0 bridgehead atoms. The predicted molar refractivity (Wildman–Crippen MR) is 135 cm³/mol. The Hall–Kier alpha value is -3.43. The number of carbonyl (C=O) groups is 1. The number of anilines is 1. The van der Waals surface area contributed by atoms with Crippen LogP contribution < -0.4 is 10.5 Å². The van der Waals surface area contributed by atoms with Crippen molar-refractivity contribution in [1.29, 1.82) is 0 Å². The number of rotatable bonds is 5. The van der Waals surface area contributed by atoms with E-state index in [0.29, 0.717) is 42.9 Å². The molecule has 3 aromatic heterocycles. The molecule has 1 saturated heterocycles. The van der Waals surface area contributed by atoms with Crippen LogP contribution in [-0.2, 0) is 19.5 Å². The van der Waals surface area contributed by atoms with Crippen molar-refractivity contribution in [1.82, 2.24) is 19.2 Å². The van der Waals surface area contributed by atoms with Crippen LogP contribution in [0.1, 0.15) is 34.3 Å². The lowest BCUT2D eigenvalue weighted by atomic mass is 10.1. The maximum atomic E-state index is 13.3. The van der Waals surface area contributed by atoms with Gasteiger partial charge in [0.05, 0.1) is 12.0 Å². The number of hydrogen-bond donors (Lipinski definition) is 0. The molecule has 0 aliphatic carbocycles. The Labute approximate surface area is 207 Å². The second-order valence-electron chi connectivity index (χ2n) is 9.29. The first kappa shape index (κ1) is 22.1. The average molecular weight is 490 g/mol. The summed E-state index contributed by atoms with van der Waals surface area (Å²) in [6.07, 6.45) is 4.38.